The van der Waals surface area contributed by atoms with E-state index in [1.807, 2.05) is 0 Å². The van der Waals surface area contributed by atoms with E-state index in [2.05, 4.69) is 27.1 Å². The van der Waals surface area contributed by atoms with E-state index in [1.54, 1.807) is 12.4 Å². The van der Waals surface area contributed by atoms with Crippen LogP contribution in [0.25, 0.3) is 0 Å². The van der Waals surface area contributed by atoms with Crippen LogP contribution in [0.2, 0.25) is 0 Å². The molecule has 2 heterocycles. The number of nitrogens with zero attached hydrogens (tertiary/aromatic N) is 3. The van der Waals surface area contributed by atoms with Gasteiger partial charge in [0.25, 0.3) is 0 Å². The molecule has 0 aromatic carbocycles. The first-order valence-electron chi connectivity index (χ1n) is 7.75. The summed E-state index contributed by atoms with van der Waals surface area (Å²) in [5.74, 6) is 0.626. The number of likely N-dealkylation sites (tertiary alicyclic amines) is 1. The maximum absolute atomic E-state index is 5.65. The molecular weight excluding hydrogens is 252 g/mol. The lowest BCUT2D eigenvalue weighted by atomic mass is 10.1. The summed E-state index contributed by atoms with van der Waals surface area (Å²) >= 11 is 0. The normalized spacial score (nSPS) is 16.2. The lowest BCUT2D eigenvalue weighted by Crippen LogP contribution is -2.33. The first kappa shape index (κ1) is 15.2. The molecule has 1 aliphatic heterocycles. The Balaban J connectivity index is 1.65. The van der Waals surface area contributed by atoms with Crippen LogP contribution in [-0.4, -0.2) is 47.7 Å². The quantitative estimate of drug-likeness (QED) is 0.735. The van der Waals surface area contributed by atoms with Crippen LogP contribution >= 0.6 is 0 Å². The van der Waals surface area contributed by atoms with Crippen molar-refractivity contribution >= 4 is 0 Å². The fourth-order valence-electron chi connectivity index (χ4n) is 2.36. The van der Waals surface area contributed by atoms with Crippen molar-refractivity contribution in [3.05, 3.63) is 18.1 Å². The number of hydrogen-bond donors (Lipinski definition) is 1. The van der Waals surface area contributed by atoms with E-state index in [1.165, 1.54) is 32.4 Å². The Bertz CT molecular complexity index is 363. The summed E-state index contributed by atoms with van der Waals surface area (Å²) in [6, 6.07) is 0. The van der Waals surface area contributed by atoms with E-state index >= 15 is 0 Å². The summed E-state index contributed by atoms with van der Waals surface area (Å²) in [4.78, 5) is 11.1. The van der Waals surface area contributed by atoms with E-state index in [-0.39, 0.29) is 0 Å². The van der Waals surface area contributed by atoms with Gasteiger partial charge in [-0.15, -0.1) is 0 Å². The van der Waals surface area contributed by atoms with Gasteiger partial charge in [0.2, 0.25) is 5.88 Å². The van der Waals surface area contributed by atoms with Crippen LogP contribution in [0.3, 0.4) is 0 Å². The third kappa shape index (κ3) is 5.43. The predicted molar refractivity (Wildman–Crippen MR) is 79.8 cm³/mol. The second-order valence-electron chi connectivity index (χ2n) is 5.27. The molecule has 5 heteroatoms. The molecule has 0 atom stereocenters. The second kappa shape index (κ2) is 8.87. The van der Waals surface area contributed by atoms with Gasteiger partial charge < -0.3 is 10.1 Å². The second-order valence-corrected chi connectivity index (χ2v) is 5.27. The van der Waals surface area contributed by atoms with Crippen LogP contribution in [0.1, 0.15) is 38.3 Å². The number of ether oxygens (including phenoxy) is 1. The Morgan fingerprint density at radius 1 is 1.20 bits per heavy atom. The minimum absolute atomic E-state index is 0.626. The van der Waals surface area contributed by atoms with Crippen molar-refractivity contribution in [2.45, 2.75) is 39.2 Å². The third-order valence-electron chi connectivity index (χ3n) is 3.52. The summed E-state index contributed by atoms with van der Waals surface area (Å²) in [5.41, 5.74) is 0.960. The average Bonchev–Trinajstić information content (AvgIpc) is 2.50. The van der Waals surface area contributed by atoms with Crippen molar-refractivity contribution in [3.63, 3.8) is 0 Å². The van der Waals surface area contributed by atoms with Crippen molar-refractivity contribution in [2.24, 2.45) is 0 Å². The fourth-order valence-corrected chi connectivity index (χ4v) is 2.36. The Morgan fingerprint density at radius 3 is 2.75 bits per heavy atom. The van der Waals surface area contributed by atoms with Crippen molar-refractivity contribution in [1.82, 2.24) is 20.2 Å². The monoisotopic (exact) mass is 278 g/mol. The van der Waals surface area contributed by atoms with Gasteiger partial charge in [-0.3, -0.25) is 9.88 Å². The molecule has 20 heavy (non-hydrogen) atoms. The molecule has 0 bridgehead atoms. The van der Waals surface area contributed by atoms with Crippen LogP contribution in [0.5, 0.6) is 5.88 Å². The molecule has 0 unspecified atom stereocenters. The SMILES string of the molecule is CCCNCc1cnc(OCCN2CCCCC2)cn1. The molecule has 1 aromatic heterocycles. The Hall–Kier alpha value is -1.20. The minimum atomic E-state index is 0.626. The number of aromatic nitrogens is 2. The molecule has 1 fully saturated rings. The molecule has 112 valence electrons. The summed E-state index contributed by atoms with van der Waals surface area (Å²) in [5, 5.41) is 3.31. The molecule has 1 saturated heterocycles. The van der Waals surface area contributed by atoms with Gasteiger partial charge in [-0.05, 0) is 38.9 Å². The van der Waals surface area contributed by atoms with E-state index in [4.69, 9.17) is 4.74 Å². The highest BCUT2D eigenvalue weighted by atomic mass is 16.5. The van der Waals surface area contributed by atoms with Gasteiger partial charge in [-0.25, -0.2) is 4.98 Å². The molecule has 0 aliphatic carbocycles. The average molecular weight is 278 g/mol. The van der Waals surface area contributed by atoms with Gasteiger partial charge in [0.15, 0.2) is 0 Å². The van der Waals surface area contributed by atoms with Crippen LogP contribution in [-0.2, 0) is 6.54 Å². The van der Waals surface area contributed by atoms with Gasteiger partial charge in [-0.2, -0.15) is 0 Å². The molecule has 1 N–H and O–H groups in total. The van der Waals surface area contributed by atoms with E-state index in [9.17, 15) is 0 Å². The van der Waals surface area contributed by atoms with Gasteiger partial charge in [0.05, 0.1) is 18.1 Å². The summed E-state index contributed by atoms with van der Waals surface area (Å²) < 4.78 is 5.65. The van der Waals surface area contributed by atoms with Crippen LogP contribution in [0, 0.1) is 0 Å². The third-order valence-corrected chi connectivity index (χ3v) is 3.52. The molecule has 1 aromatic rings. The molecule has 0 radical (unpaired) electrons. The van der Waals surface area contributed by atoms with Gasteiger partial charge >= 0.3 is 0 Å². The number of nitrogens with one attached hydrogen (secondary N) is 1. The maximum atomic E-state index is 5.65. The lowest BCUT2D eigenvalue weighted by molar-refractivity contribution is 0.180. The van der Waals surface area contributed by atoms with Crippen molar-refractivity contribution in [2.75, 3.05) is 32.8 Å². The maximum Gasteiger partial charge on any atom is 0.232 e. The summed E-state index contributed by atoms with van der Waals surface area (Å²) in [6.07, 6.45) is 8.65. The van der Waals surface area contributed by atoms with Crippen molar-refractivity contribution in [1.29, 1.82) is 0 Å². The minimum Gasteiger partial charge on any atom is -0.475 e. The van der Waals surface area contributed by atoms with E-state index < -0.39 is 0 Å². The molecule has 2 rings (SSSR count). The molecule has 1 aliphatic rings. The largest absolute Gasteiger partial charge is 0.475 e. The summed E-state index contributed by atoms with van der Waals surface area (Å²) in [7, 11) is 0. The highest BCUT2D eigenvalue weighted by Crippen LogP contribution is 2.09. The van der Waals surface area contributed by atoms with Crippen LogP contribution in [0.4, 0.5) is 0 Å². The van der Waals surface area contributed by atoms with Crippen LogP contribution < -0.4 is 10.1 Å². The van der Waals surface area contributed by atoms with E-state index in [0.717, 1.165) is 31.7 Å². The first-order valence-corrected chi connectivity index (χ1v) is 7.75. The molecule has 0 spiro atoms. The summed E-state index contributed by atoms with van der Waals surface area (Å²) in [6.45, 7) is 8.03. The smallest absolute Gasteiger partial charge is 0.232 e. The van der Waals surface area contributed by atoms with Crippen LogP contribution in [0.15, 0.2) is 12.4 Å². The highest BCUT2D eigenvalue weighted by molar-refractivity contribution is 5.07. The zero-order chi connectivity index (χ0) is 14.0. The van der Waals surface area contributed by atoms with Gasteiger partial charge in [0.1, 0.15) is 6.61 Å². The highest BCUT2D eigenvalue weighted by Gasteiger charge is 2.09. The van der Waals surface area contributed by atoms with E-state index in [0.29, 0.717) is 12.5 Å². The standard InChI is InChI=1S/C15H26N4O/c1-2-6-16-11-14-12-18-15(13-17-14)20-10-9-19-7-4-3-5-8-19/h12-13,16H,2-11H2,1H3. The van der Waals surface area contributed by atoms with Crippen molar-refractivity contribution in [3.8, 4) is 5.88 Å². The molecule has 0 saturated carbocycles. The Morgan fingerprint density at radius 2 is 2.05 bits per heavy atom. The zero-order valence-corrected chi connectivity index (χ0v) is 12.5. The Labute approximate surface area is 121 Å². The number of hydrogen-bond acceptors (Lipinski definition) is 5. The van der Waals surface area contributed by atoms with Gasteiger partial charge in [0, 0.05) is 13.1 Å². The number of rotatable bonds is 8. The first-order chi connectivity index (χ1) is 9.88. The lowest BCUT2D eigenvalue weighted by Gasteiger charge is -2.25. The molecular formula is C15H26N4O. The molecule has 5 nitrogen and oxygen atoms in total. The number of piperidine rings is 1. The fraction of sp³-hybridized carbons (Fsp3) is 0.733. The van der Waals surface area contributed by atoms with Crippen molar-refractivity contribution < 1.29 is 4.74 Å². The predicted octanol–water partition coefficient (Wildman–Crippen LogP) is 1.84. The topological polar surface area (TPSA) is 50.3 Å². The Kier molecular flexibility index (Phi) is 6.74. The van der Waals surface area contributed by atoms with Gasteiger partial charge in [-0.1, -0.05) is 13.3 Å². The zero-order valence-electron chi connectivity index (χ0n) is 12.5. The molecule has 0 amide bonds.